The Morgan fingerprint density at radius 3 is 2.39 bits per heavy atom. The molecule has 0 spiro atoms. The van der Waals surface area contributed by atoms with Gasteiger partial charge < -0.3 is 4.74 Å². The molecule has 4 nitrogen and oxygen atoms in total. The van der Waals surface area contributed by atoms with E-state index in [9.17, 15) is 0 Å². The smallest absolute Gasteiger partial charge is 0.127 e. The molecule has 4 aromatic rings. The first-order valence-corrected chi connectivity index (χ1v) is 7.41. The molecule has 4 rings (SSSR count). The molecule has 0 atom stereocenters. The standard InChI is InChI=1S/C19H15N3O/c1-22-18-11-12-20-13-17(18)19(21-22)14-7-9-16(10-8-14)23-15-5-3-2-4-6-15/h2-13H,1H3. The Morgan fingerprint density at radius 1 is 0.870 bits per heavy atom. The molecule has 0 unspecified atom stereocenters. The minimum absolute atomic E-state index is 0.804. The fraction of sp³-hybridized carbons (Fsp3) is 0.0526. The summed E-state index contributed by atoms with van der Waals surface area (Å²) in [5.74, 6) is 1.63. The van der Waals surface area contributed by atoms with E-state index in [0.717, 1.165) is 33.7 Å². The van der Waals surface area contributed by atoms with Crippen molar-refractivity contribution < 1.29 is 4.74 Å². The van der Waals surface area contributed by atoms with Crippen molar-refractivity contribution in [2.75, 3.05) is 0 Å². The van der Waals surface area contributed by atoms with Gasteiger partial charge in [-0.2, -0.15) is 5.10 Å². The van der Waals surface area contributed by atoms with E-state index in [1.54, 1.807) is 6.20 Å². The second-order valence-corrected chi connectivity index (χ2v) is 5.30. The maximum absolute atomic E-state index is 5.82. The molecule has 0 fully saturated rings. The molecule has 23 heavy (non-hydrogen) atoms. The average molecular weight is 301 g/mol. The molecule has 2 heterocycles. The number of nitrogens with zero attached hydrogens (tertiary/aromatic N) is 3. The van der Waals surface area contributed by atoms with Crippen LogP contribution in [-0.2, 0) is 7.05 Å². The van der Waals surface area contributed by atoms with Crippen LogP contribution in [0.3, 0.4) is 0 Å². The number of pyridine rings is 1. The zero-order valence-corrected chi connectivity index (χ0v) is 12.7. The fourth-order valence-corrected chi connectivity index (χ4v) is 2.63. The number of fused-ring (bicyclic) bond motifs is 1. The van der Waals surface area contributed by atoms with E-state index in [1.165, 1.54) is 0 Å². The summed E-state index contributed by atoms with van der Waals surface area (Å²) < 4.78 is 7.70. The van der Waals surface area contributed by atoms with Gasteiger partial charge in [-0.25, -0.2) is 0 Å². The Bertz CT molecular complexity index is 943. The van der Waals surface area contributed by atoms with Gasteiger partial charge in [0.05, 0.1) is 5.52 Å². The first-order chi connectivity index (χ1) is 11.3. The molecule has 0 saturated carbocycles. The van der Waals surface area contributed by atoms with Crippen molar-refractivity contribution in [1.82, 2.24) is 14.8 Å². The minimum Gasteiger partial charge on any atom is -0.457 e. The normalized spacial score (nSPS) is 10.8. The van der Waals surface area contributed by atoms with Crippen molar-refractivity contribution in [3.8, 4) is 22.8 Å². The van der Waals surface area contributed by atoms with Gasteiger partial charge in [-0.15, -0.1) is 0 Å². The van der Waals surface area contributed by atoms with Gasteiger partial charge in [0.25, 0.3) is 0 Å². The summed E-state index contributed by atoms with van der Waals surface area (Å²) in [6.07, 6.45) is 3.64. The van der Waals surface area contributed by atoms with Gasteiger partial charge in [-0.1, -0.05) is 18.2 Å². The van der Waals surface area contributed by atoms with Crippen LogP contribution < -0.4 is 4.74 Å². The Morgan fingerprint density at radius 2 is 1.61 bits per heavy atom. The molecule has 0 bridgehead atoms. The second-order valence-electron chi connectivity index (χ2n) is 5.30. The van der Waals surface area contributed by atoms with Crippen molar-refractivity contribution >= 4 is 10.9 Å². The molecule has 0 aliphatic heterocycles. The monoisotopic (exact) mass is 301 g/mol. The van der Waals surface area contributed by atoms with Crippen LogP contribution in [-0.4, -0.2) is 14.8 Å². The third-order valence-corrected chi connectivity index (χ3v) is 3.76. The molecular formula is C19H15N3O. The molecule has 0 saturated heterocycles. The molecule has 4 heteroatoms. The highest BCUT2D eigenvalue weighted by atomic mass is 16.5. The quantitative estimate of drug-likeness (QED) is 0.562. The number of rotatable bonds is 3. The van der Waals surface area contributed by atoms with Crippen LogP contribution in [0.15, 0.2) is 73.1 Å². The number of ether oxygens (including phenoxy) is 1. The molecule has 0 radical (unpaired) electrons. The highest BCUT2D eigenvalue weighted by Gasteiger charge is 2.10. The van der Waals surface area contributed by atoms with Crippen molar-refractivity contribution in [2.45, 2.75) is 0 Å². The van der Waals surface area contributed by atoms with E-state index in [4.69, 9.17) is 4.74 Å². The Balaban J connectivity index is 1.67. The molecule has 0 aliphatic rings. The number of hydrogen-bond donors (Lipinski definition) is 0. The van der Waals surface area contributed by atoms with Gasteiger partial charge >= 0.3 is 0 Å². The number of hydrogen-bond acceptors (Lipinski definition) is 3. The number of aromatic nitrogens is 3. The minimum atomic E-state index is 0.804. The van der Waals surface area contributed by atoms with Crippen LogP contribution in [0.5, 0.6) is 11.5 Å². The van der Waals surface area contributed by atoms with Crippen LogP contribution in [0, 0.1) is 0 Å². The van der Waals surface area contributed by atoms with Crippen LogP contribution in [0.2, 0.25) is 0 Å². The van der Waals surface area contributed by atoms with E-state index < -0.39 is 0 Å². The van der Waals surface area contributed by atoms with Crippen LogP contribution in [0.1, 0.15) is 0 Å². The highest BCUT2D eigenvalue weighted by molar-refractivity contribution is 5.92. The SMILES string of the molecule is Cn1nc(-c2ccc(Oc3ccccc3)cc2)c2cnccc21. The summed E-state index contributed by atoms with van der Waals surface area (Å²) in [6, 6.07) is 19.7. The third kappa shape index (κ3) is 2.55. The second kappa shape index (κ2) is 5.57. The van der Waals surface area contributed by atoms with Gasteiger partial charge in [0, 0.05) is 30.4 Å². The number of para-hydroxylation sites is 1. The maximum Gasteiger partial charge on any atom is 0.127 e. The van der Waals surface area contributed by atoms with E-state index in [0.29, 0.717) is 0 Å². The summed E-state index contributed by atoms with van der Waals surface area (Å²) in [6.45, 7) is 0. The van der Waals surface area contributed by atoms with Gasteiger partial charge in [0.15, 0.2) is 0 Å². The zero-order valence-electron chi connectivity index (χ0n) is 12.7. The lowest BCUT2D eigenvalue weighted by atomic mass is 10.1. The predicted octanol–water partition coefficient (Wildman–Crippen LogP) is 4.43. The Hall–Kier alpha value is -3.14. The van der Waals surface area contributed by atoms with Gasteiger partial charge in [-0.3, -0.25) is 9.67 Å². The molecule has 2 aromatic heterocycles. The van der Waals surface area contributed by atoms with Gasteiger partial charge in [-0.05, 0) is 42.5 Å². The largest absolute Gasteiger partial charge is 0.457 e. The van der Waals surface area contributed by atoms with E-state index in [-0.39, 0.29) is 0 Å². The Kier molecular flexibility index (Phi) is 3.27. The van der Waals surface area contributed by atoms with Gasteiger partial charge in [0.2, 0.25) is 0 Å². The lowest BCUT2D eigenvalue weighted by Gasteiger charge is -2.06. The fourth-order valence-electron chi connectivity index (χ4n) is 2.63. The molecule has 112 valence electrons. The molecule has 2 aromatic carbocycles. The van der Waals surface area contributed by atoms with Crippen LogP contribution in [0.4, 0.5) is 0 Å². The maximum atomic E-state index is 5.82. The average Bonchev–Trinajstić information content (AvgIpc) is 2.94. The highest BCUT2D eigenvalue weighted by Crippen LogP contribution is 2.29. The molecule has 0 amide bonds. The van der Waals surface area contributed by atoms with Crippen molar-refractivity contribution in [2.24, 2.45) is 7.05 Å². The van der Waals surface area contributed by atoms with E-state index in [1.807, 2.05) is 78.6 Å². The van der Waals surface area contributed by atoms with Gasteiger partial charge in [0.1, 0.15) is 17.2 Å². The summed E-state index contributed by atoms with van der Waals surface area (Å²) in [7, 11) is 1.94. The topological polar surface area (TPSA) is 39.9 Å². The summed E-state index contributed by atoms with van der Waals surface area (Å²) in [5, 5.41) is 5.66. The zero-order chi connectivity index (χ0) is 15.6. The lowest BCUT2D eigenvalue weighted by molar-refractivity contribution is 0.483. The summed E-state index contributed by atoms with van der Waals surface area (Å²) >= 11 is 0. The number of benzene rings is 2. The number of aryl methyl sites for hydroxylation is 1. The van der Waals surface area contributed by atoms with Crippen LogP contribution in [0.25, 0.3) is 22.2 Å². The molecular weight excluding hydrogens is 286 g/mol. The summed E-state index contributed by atoms with van der Waals surface area (Å²) in [5.41, 5.74) is 3.05. The van der Waals surface area contributed by atoms with Crippen molar-refractivity contribution in [3.05, 3.63) is 73.1 Å². The molecule has 0 N–H and O–H groups in total. The van der Waals surface area contributed by atoms with Crippen molar-refractivity contribution in [3.63, 3.8) is 0 Å². The molecule has 0 aliphatic carbocycles. The first kappa shape index (κ1) is 13.5. The van der Waals surface area contributed by atoms with E-state index >= 15 is 0 Å². The van der Waals surface area contributed by atoms with Crippen molar-refractivity contribution in [1.29, 1.82) is 0 Å². The van der Waals surface area contributed by atoms with Crippen LogP contribution >= 0.6 is 0 Å². The van der Waals surface area contributed by atoms with E-state index in [2.05, 4.69) is 10.1 Å². The lowest BCUT2D eigenvalue weighted by Crippen LogP contribution is -1.89. The predicted molar refractivity (Wildman–Crippen MR) is 90.5 cm³/mol. The first-order valence-electron chi connectivity index (χ1n) is 7.41. The summed E-state index contributed by atoms with van der Waals surface area (Å²) in [4.78, 5) is 4.21. The Labute approximate surface area is 134 Å². The third-order valence-electron chi connectivity index (χ3n) is 3.76.